The molecule has 1 aromatic heterocycles. The number of hydroxylamine groups is 1. The third-order valence-electron chi connectivity index (χ3n) is 4.02. The fourth-order valence-electron chi connectivity index (χ4n) is 2.68. The molecule has 0 spiro atoms. The number of nitrogens with zero attached hydrogens (tertiary/aromatic N) is 2. The van der Waals surface area contributed by atoms with Crippen LogP contribution in [0.25, 0.3) is 16.9 Å². The number of ether oxygens (including phenoxy) is 2. The lowest BCUT2D eigenvalue weighted by Crippen LogP contribution is -2.26. The predicted molar refractivity (Wildman–Crippen MR) is 106 cm³/mol. The Labute approximate surface area is 167 Å². The molecule has 0 atom stereocenters. The molecule has 3 rings (SSSR count). The second kappa shape index (κ2) is 8.77. The molecule has 0 aliphatic rings. The first-order valence-corrected chi connectivity index (χ1v) is 8.96. The van der Waals surface area contributed by atoms with Crippen LogP contribution in [0.1, 0.15) is 17.4 Å². The highest BCUT2D eigenvalue weighted by atomic mass is 35.5. The van der Waals surface area contributed by atoms with Gasteiger partial charge in [0.1, 0.15) is 17.2 Å². The summed E-state index contributed by atoms with van der Waals surface area (Å²) in [5.74, 6) is 0.786. The van der Waals surface area contributed by atoms with E-state index in [1.165, 1.54) is 4.68 Å². The van der Waals surface area contributed by atoms with Crippen molar-refractivity contribution in [2.45, 2.75) is 6.92 Å². The van der Waals surface area contributed by atoms with Crippen molar-refractivity contribution >= 4 is 17.5 Å². The highest BCUT2D eigenvalue weighted by Gasteiger charge is 2.21. The number of benzene rings is 2. The predicted octanol–water partition coefficient (Wildman–Crippen LogP) is 3.89. The first-order chi connectivity index (χ1) is 13.6. The number of rotatable bonds is 7. The first-order valence-electron chi connectivity index (χ1n) is 8.58. The molecule has 1 amide bonds. The summed E-state index contributed by atoms with van der Waals surface area (Å²) < 4.78 is 12.2. The Morgan fingerprint density at radius 1 is 1.14 bits per heavy atom. The highest BCUT2D eigenvalue weighted by molar-refractivity contribution is 6.32. The van der Waals surface area contributed by atoms with Crippen LogP contribution in [0.15, 0.2) is 48.5 Å². The van der Waals surface area contributed by atoms with Crippen molar-refractivity contribution in [1.29, 1.82) is 0 Å². The lowest BCUT2D eigenvalue weighted by atomic mass is 10.1. The number of para-hydroxylation sites is 1. The molecule has 0 aliphatic heterocycles. The van der Waals surface area contributed by atoms with Crippen molar-refractivity contribution in [3.63, 3.8) is 0 Å². The van der Waals surface area contributed by atoms with Crippen molar-refractivity contribution in [2.75, 3.05) is 20.8 Å². The van der Waals surface area contributed by atoms with Gasteiger partial charge in [-0.2, -0.15) is 5.10 Å². The van der Waals surface area contributed by atoms with Crippen LogP contribution in [0.2, 0.25) is 5.02 Å². The number of methoxy groups -OCH3 is 2. The van der Waals surface area contributed by atoms with Gasteiger partial charge in [0.2, 0.25) is 0 Å². The number of nitrogens with one attached hydrogen (secondary N) is 1. The zero-order valence-corrected chi connectivity index (χ0v) is 16.5. The van der Waals surface area contributed by atoms with Crippen molar-refractivity contribution in [2.24, 2.45) is 0 Å². The van der Waals surface area contributed by atoms with Gasteiger partial charge < -0.3 is 9.47 Å². The Balaban J connectivity index is 2.14. The van der Waals surface area contributed by atoms with E-state index in [1.54, 1.807) is 51.5 Å². The summed E-state index contributed by atoms with van der Waals surface area (Å²) in [5.41, 5.74) is 4.49. The molecule has 0 unspecified atom stereocenters. The summed E-state index contributed by atoms with van der Waals surface area (Å²) in [6.07, 6.45) is 0. The summed E-state index contributed by atoms with van der Waals surface area (Å²) in [7, 11) is 3.14. The number of hydrogen-bond acceptors (Lipinski definition) is 5. The summed E-state index contributed by atoms with van der Waals surface area (Å²) in [5, 5.41) is 5.06. The summed E-state index contributed by atoms with van der Waals surface area (Å²) in [6, 6.07) is 14.2. The van der Waals surface area contributed by atoms with E-state index >= 15 is 0 Å². The van der Waals surface area contributed by atoms with E-state index < -0.39 is 5.91 Å². The van der Waals surface area contributed by atoms with Gasteiger partial charge in [0.05, 0.1) is 37.2 Å². The molecule has 3 aromatic rings. The minimum Gasteiger partial charge on any atom is -0.497 e. The molecular formula is C20H20ClN3O4. The van der Waals surface area contributed by atoms with Crippen LogP contribution >= 0.6 is 11.6 Å². The van der Waals surface area contributed by atoms with Gasteiger partial charge in [0.25, 0.3) is 5.91 Å². The molecule has 146 valence electrons. The number of carbonyl (C=O) groups excluding carboxylic acids is 1. The Bertz CT molecular complexity index is 987. The third-order valence-corrected chi connectivity index (χ3v) is 4.34. The molecule has 7 nitrogen and oxygen atoms in total. The molecule has 2 aromatic carbocycles. The fourth-order valence-corrected chi connectivity index (χ4v) is 2.90. The highest BCUT2D eigenvalue weighted by Crippen LogP contribution is 2.34. The molecule has 0 bridgehead atoms. The molecule has 1 heterocycles. The molecule has 0 saturated carbocycles. The molecule has 0 radical (unpaired) electrons. The second-order valence-corrected chi connectivity index (χ2v) is 6.12. The van der Waals surface area contributed by atoms with Crippen LogP contribution in [-0.4, -0.2) is 36.5 Å². The lowest BCUT2D eigenvalue weighted by molar-refractivity contribution is 0.0357. The molecule has 28 heavy (non-hydrogen) atoms. The number of hydrogen-bond donors (Lipinski definition) is 1. The largest absolute Gasteiger partial charge is 0.497 e. The minimum atomic E-state index is -0.437. The second-order valence-electron chi connectivity index (χ2n) is 5.71. The molecular weight excluding hydrogens is 382 g/mol. The van der Waals surface area contributed by atoms with E-state index in [0.717, 1.165) is 0 Å². The maximum Gasteiger partial charge on any atom is 0.293 e. The first kappa shape index (κ1) is 19.7. The van der Waals surface area contributed by atoms with Crippen molar-refractivity contribution in [3.05, 3.63) is 59.2 Å². The average Bonchev–Trinajstić information content (AvgIpc) is 3.16. The van der Waals surface area contributed by atoms with Crippen LogP contribution in [0.4, 0.5) is 0 Å². The summed E-state index contributed by atoms with van der Waals surface area (Å²) in [6.45, 7) is 2.12. The average molecular weight is 402 g/mol. The lowest BCUT2D eigenvalue weighted by Gasteiger charge is -2.09. The van der Waals surface area contributed by atoms with Crippen LogP contribution in [0, 0.1) is 0 Å². The summed E-state index contributed by atoms with van der Waals surface area (Å²) >= 11 is 6.33. The quantitative estimate of drug-likeness (QED) is 0.608. The fraction of sp³-hybridized carbons (Fsp3) is 0.200. The Morgan fingerprint density at radius 3 is 2.61 bits per heavy atom. The van der Waals surface area contributed by atoms with Gasteiger partial charge in [-0.25, -0.2) is 10.2 Å². The Morgan fingerprint density at radius 2 is 1.93 bits per heavy atom. The van der Waals surface area contributed by atoms with Crippen LogP contribution in [0.5, 0.6) is 11.5 Å². The van der Waals surface area contributed by atoms with E-state index in [2.05, 4.69) is 10.6 Å². The zero-order chi connectivity index (χ0) is 20.1. The van der Waals surface area contributed by atoms with Crippen LogP contribution in [0.3, 0.4) is 0 Å². The van der Waals surface area contributed by atoms with E-state index in [1.807, 2.05) is 18.2 Å². The number of amides is 1. The number of halogens is 1. The van der Waals surface area contributed by atoms with Gasteiger partial charge in [-0.3, -0.25) is 9.63 Å². The number of carbonyl (C=O) groups is 1. The number of aromatic nitrogens is 2. The van der Waals surface area contributed by atoms with Crippen molar-refractivity contribution < 1.29 is 19.1 Å². The van der Waals surface area contributed by atoms with Gasteiger partial charge in [-0.15, -0.1) is 0 Å². The van der Waals surface area contributed by atoms with Gasteiger partial charge in [-0.05, 0) is 37.3 Å². The van der Waals surface area contributed by atoms with Gasteiger partial charge in [-0.1, -0.05) is 23.7 Å². The van der Waals surface area contributed by atoms with Gasteiger partial charge in [0.15, 0.2) is 0 Å². The van der Waals surface area contributed by atoms with Crippen molar-refractivity contribution in [1.82, 2.24) is 15.3 Å². The molecule has 0 saturated heterocycles. The van der Waals surface area contributed by atoms with E-state index in [0.29, 0.717) is 40.1 Å². The van der Waals surface area contributed by atoms with Gasteiger partial charge >= 0.3 is 0 Å². The topological polar surface area (TPSA) is 74.6 Å². The smallest absolute Gasteiger partial charge is 0.293 e. The maximum absolute atomic E-state index is 12.6. The Hall–Kier alpha value is -3.03. The third kappa shape index (κ3) is 3.95. The van der Waals surface area contributed by atoms with Gasteiger partial charge in [0, 0.05) is 11.6 Å². The molecule has 8 heteroatoms. The van der Waals surface area contributed by atoms with Crippen LogP contribution < -0.4 is 15.0 Å². The molecule has 0 aliphatic carbocycles. The Kier molecular flexibility index (Phi) is 6.18. The van der Waals surface area contributed by atoms with E-state index in [-0.39, 0.29) is 5.69 Å². The summed E-state index contributed by atoms with van der Waals surface area (Å²) in [4.78, 5) is 17.7. The SMILES string of the molecule is CCONC(=O)c1cc(-c2ccc(OC)cc2OC)nn1-c1ccccc1Cl. The van der Waals surface area contributed by atoms with Crippen molar-refractivity contribution in [3.8, 4) is 28.4 Å². The maximum atomic E-state index is 12.6. The van der Waals surface area contributed by atoms with E-state index in [4.69, 9.17) is 25.9 Å². The normalized spacial score (nSPS) is 10.6. The van der Waals surface area contributed by atoms with Crippen LogP contribution in [-0.2, 0) is 4.84 Å². The molecule has 1 N–H and O–H groups in total. The minimum absolute atomic E-state index is 0.273. The van der Waals surface area contributed by atoms with E-state index in [9.17, 15) is 4.79 Å². The monoisotopic (exact) mass is 401 g/mol. The standard InChI is InChI=1S/C20H20ClN3O4/c1-4-28-23-20(25)18-12-16(14-10-9-13(26-2)11-19(14)27-3)22-24(18)17-8-6-5-7-15(17)21/h5-12H,4H2,1-3H3,(H,23,25). The molecule has 0 fully saturated rings. The zero-order valence-electron chi connectivity index (χ0n) is 15.7.